The number of carbonyl (C=O) groups excluding carboxylic acids is 1. The van der Waals surface area contributed by atoms with Crippen LogP contribution >= 0.6 is 0 Å². The van der Waals surface area contributed by atoms with Crippen molar-refractivity contribution in [2.45, 2.75) is 6.54 Å². The van der Waals surface area contributed by atoms with Gasteiger partial charge < -0.3 is 9.30 Å². The van der Waals surface area contributed by atoms with Gasteiger partial charge in [-0.05, 0) is 30.3 Å². The molecule has 0 saturated heterocycles. The van der Waals surface area contributed by atoms with Gasteiger partial charge in [-0.2, -0.15) is 0 Å². The quantitative estimate of drug-likeness (QED) is 0.684. The van der Waals surface area contributed by atoms with Gasteiger partial charge in [0.15, 0.2) is 0 Å². The number of carbonyl (C=O) groups is 1. The van der Waals surface area contributed by atoms with E-state index >= 15 is 0 Å². The van der Waals surface area contributed by atoms with Gasteiger partial charge in [-0.3, -0.25) is 4.79 Å². The van der Waals surface area contributed by atoms with Gasteiger partial charge in [0, 0.05) is 34.3 Å². The Morgan fingerprint density at radius 1 is 1.19 bits per heavy atom. The fourth-order valence-electron chi connectivity index (χ4n) is 2.40. The summed E-state index contributed by atoms with van der Waals surface area (Å²) >= 11 is 0. The molecule has 0 N–H and O–H groups in total. The number of fused-ring (bicyclic) bond motifs is 1. The lowest BCUT2D eigenvalue weighted by atomic mass is 10.1. The monoisotopic (exact) mass is 283 g/mol. The molecule has 0 aliphatic carbocycles. The van der Waals surface area contributed by atoms with Gasteiger partial charge in [-0.1, -0.05) is 6.07 Å². The van der Waals surface area contributed by atoms with E-state index in [9.17, 15) is 9.18 Å². The number of aromatic nitrogens is 1. The van der Waals surface area contributed by atoms with Crippen LogP contribution in [0.2, 0.25) is 0 Å². The highest BCUT2D eigenvalue weighted by Gasteiger charge is 2.07. The molecule has 1 heterocycles. The molecular weight excluding hydrogens is 269 g/mol. The van der Waals surface area contributed by atoms with Crippen molar-refractivity contribution >= 4 is 17.2 Å². The van der Waals surface area contributed by atoms with E-state index < -0.39 is 0 Å². The minimum Gasteiger partial charge on any atom is -0.497 e. The molecule has 21 heavy (non-hydrogen) atoms. The van der Waals surface area contributed by atoms with Crippen molar-refractivity contribution in [2.75, 3.05) is 7.11 Å². The van der Waals surface area contributed by atoms with Crippen molar-refractivity contribution in [3.05, 3.63) is 65.6 Å². The van der Waals surface area contributed by atoms with Crippen LogP contribution in [0.25, 0.3) is 10.9 Å². The van der Waals surface area contributed by atoms with Crippen LogP contribution < -0.4 is 4.74 Å². The van der Waals surface area contributed by atoms with E-state index in [0.29, 0.717) is 23.4 Å². The highest BCUT2D eigenvalue weighted by Crippen LogP contribution is 2.21. The van der Waals surface area contributed by atoms with Gasteiger partial charge in [0.05, 0.1) is 13.7 Å². The van der Waals surface area contributed by atoms with Crippen molar-refractivity contribution in [3.63, 3.8) is 0 Å². The summed E-state index contributed by atoms with van der Waals surface area (Å²) in [6, 6.07) is 12.2. The number of halogens is 1. The molecule has 3 aromatic rings. The topological polar surface area (TPSA) is 31.2 Å². The van der Waals surface area contributed by atoms with Crippen LogP contribution in [0.15, 0.2) is 48.7 Å². The first-order valence-electron chi connectivity index (χ1n) is 6.58. The lowest BCUT2D eigenvalue weighted by Crippen LogP contribution is -2.01. The van der Waals surface area contributed by atoms with E-state index in [4.69, 9.17) is 4.74 Å². The third-order valence-corrected chi connectivity index (χ3v) is 3.53. The van der Waals surface area contributed by atoms with Crippen molar-refractivity contribution in [1.82, 2.24) is 4.57 Å². The van der Waals surface area contributed by atoms with Gasteiger partial charge in [0.1, 0.15) is 17.9 Å². The summed E-state index contributed by atoms with van der Waals surface area (Å²) in [6.07, 6.45) is 2.71. The summed E-state index contributed by atoms with van der Waals surface area (Å²) in [5.41, 5.74) is 2.19. The molecule has 0 spiro atoms. The molecule has 3 nitrogen and oxygen atoms in total. The Bertz CT molecular complexity index is 808. The predicted molar refractivity (Wildman–Crippen MR) is 79.4 cm³/mol. The Morgan fingerprint density at radius 3 is 2.76 bits per heavy atom. The molecular formula is C17H14FNO2. The molecule has 0 radical (unpaired) electrons. The normalized spacial score (nSPS) is 10.8. The number of ether oxygens (including phenoxy) is 1. The second kappa shape index (κ2) is 5.40. The highest BCUT2D eigenvalue weighted by atomic mass is 19.1. The van der Waals surface area contributed by atoms with Gasteiger partial charge in [-0.15, -0.1) is 0 Å². The zero-order chi connectivity index (χ0) is 14.8. The molecule has 0 bridgehead atoms. The first-order valence-corrected chi connectivity index (χ1v) is 6.58. The number of benzene rings is 2. The van der Waals surface area contributed by atoms with Crippen LogP contribution in [-0.2, 0) is 6.54 Å². The average Bonchev–Trinajstić information content (AvgIpc) is 2.91. The van der Waals surface area contributed by atoms with Gasteiger partial charge in [-0.25, -0.2) is 4.39 Å². The number of methoxy groups -OCH3 is 1. The average molecular weight is 283 g/mol. The Labute approximate surface area is 121 Å². The Morgan fingerprint density at radius 2 is 2.05 bits per heavy atom. The van der Waals surface area contributed by atoms with Crippen molar-refractivity contribution in [2.24, 2.45) is 0 Å². The molecule has 3 rings (SSSR count). The first kappa shape index (κ1) is 13.4. The van der Waals surface area contributed by atoms with Gasteiger partial charge >= 0.3 is 0 Å². The third kappa shape index (κ3) is 2.52. The number of aldehydes is 1. The predicted octanol–water partition coefficient (Wildman–Crippen LogP) is 3.65. The highest BCUT2D eigenvalue weighted by molar-refractivity contribution is 5.87. The summed E-state index contributed by atoms with van der Waals surface area (Å²) in [5, 5.41) is 0.966. The maximum Gasteiger partial charge on any atom is 0.150 e. The molecule has 0 amide bonds. The van der Waals surface area contributed by atoms with E-state index in [1.807, 2.05) is 29.0 Å². The van der Waals surface area contributed by atoms with Crippen LogP contribution in [0, 0.1) is 5.82 Å². The summed E-state index contributed by atoms with van der Waals surface area (Å²) in [6.45, 7) is 0.430. The summed E-state index contributed by atoms with van der Waals surface area (Å²) in [4.78, 5) is 10.8. The van der Waals surface area contributed by atoms with E-state index in [2.05, 4.69) is 0 Å². The smallest absolute Gasteiger partial charge is 0.150 e. The maximum absolute atomic E-state index is 14.0. The summed E-state index contributed by atoms with van der Waals surface area (Å²) in [7, 11) is 1.51. The van der Waals surface area contributed by atoms with Crippen LogP contribution in [0.4, 0.5) is 4.39 Å². The SMILES string of the molecule is COc1ccc(Cn2ccc3cc(C=O)ccc32)c(F)c1. The molecule has 0 atom stereocenters. The van der Waals surface area contributed by atoms with Crippen LogP contribution in [-0.4, -0.2) is 18.0 Å². The zero-order valence-corrected chi connectivity index (χ0v) is 11.5. The fraction of sp³-hybridized carbons (Fsp3) is 0.118. The lowest BCUT2D eigenvalue weighted by Gasteiger charge is -2.08. The lowest BCUT2D eigenvalue weighted by molar-refractivity contribution is 0.112. The minimum atomic E-state index is -0.291. The second-order valence-electron chi connectivity index (χ2n) is 4.84. The Kier molecular flexibility index (Phi) is 3.44. The Balaban J connectivity index is 1.96. The second-order valence-corrected chi connectivity index (χ2v) is 4.84. The van der Waals surface area contributed by atoms with E-state index in [1.165, 1.54) is 13.2 Å². The summed E-state index contributed by atoms with van der Waals surface area (Å²) in [5.74, 6) is 0.213. The molecule has 0 aliphatic rings. The zero-order valence-electron chi connectivity index (χ0n) is 11.5. The number of rotatable bonds is 4. The molecule has 0 unspecified atom stereocenters. The molecule has 2 aromatic carbocycles. The standard InChI is InChI=1S/C17H14FNO2/c1-21-15-4-3-14(16(18)9-15)10-19-7-6-13-8-12(11-20)2-5-17(13)19/h2-9,11H,10H2,1H3. The molecule has 1 aromatic heterocycles. The van der Waals surface area contributed by atoms with Gasteiger partial charge in [0.2, 0.25) is 0 Å². The fourth-order valence-corrected chi connectivity index (χ4v) is 2.40. The number of nitrogens with zero attached hydrogens (tertiary/aromatic N) is 1. The third-order valence-electron chi connectivity index (χ3n) is 3.53. The largest absolute Gasteiger partial charge is 0.497 e. The first-order chi connectivity index (χ1) is 10.2. The van der Waals surface area contributed by atoms with Crippen molar-refractivity contribution in [1.29, 1.82) is 0 Å². The Hall–Kier alpha value is -2.62. The van der Waals surface area contributed by atoms with Crippen LogP contribution in [0.1, 0.15) is 15.9 Å². The molecule has 0 fully saturated rings. The number of hydrogen-bond donors (Lipinski definition) is 0. The molecule has 0 aliphatic heterocycles. The van der Waals surface area contributed by atoms with Crippen LogP contribution in [0.5, 0.6) is 5.75 Å². The van der Waals surface area contributed by atoms with E-state index in [-0.39, 0.29) is 5.82 Å². The molecule has 106 valence electrons. The van der Waals surface area contributed by atoms with Gasteiger partial charge in [0.25, 0.3) is 0 Å². The minimum absolute atomic E-state index is 0.291. The van der Waals surface area contributed by atoms with Crippen molar-refractivity contribution < 1.29 is 13.9 Å². The van der Waals surface area contributed by atoms with Crippen molar-refractivity contribution in [3.8, 4) is 5.75 Å². The molecule has 0 saturated carbocycles. The van der Waals surface area contributed by atoms with E-state index in [0.717, 1.165) is 17.2 Å². The van der Waals surface area contributed by atoms with E-state index in [1.54, 1.807) is 18.2 Å². The molecule has 4 heteroatoms. The number of hydrogen-bond acceptors (Lipinski definition) is 2. The maximum atomic E-state index is 14.0. The van der Waals surface area contributed by atoms with Crippen LogP contribution in [0.3, 0.4) is 0 Å². The summed E-state index contributed by atoms with van der Waals surface area (Å²) < 4.78 is 21.0.